The molecule has 15 heavy (non-hydrogen) atoms. The molecule has 0 aliphatic rings. The minimum absolute atomic E-state index is 0.310. The van der Waals surface area contributed by atoms with Crippen molar-refractivity contribution in [3.05, 3.63) is 54.1 Å². The number of halogens is 1. The van der Waals surface area contributed by atoms with E-state index >= 15 is 0 Å². The zero-order valence-corrected chi connectivity index (χ0v) is 8.57. The number of hydrogen-bond donors (Lipinski definition) is 2. The number of nitrogens with zero attached hydrogens (tertiary/aromatic N) is 1. The predicted octanol–water partition coefficient (Wildman–Crippen LogP) is 1.88. The number of hydrogen-bond acceptors (Lipinski definition) is 3. The zero-order chi connectivity index (χ0) is 11.4. The van der Waals surface area contributed by atoms with E-state index in [9.17, 15) is 4.39 Å². The third kappa shape index (κ3) is 2.57. The van der Waals surface area contributed by atoms with E-state index in [1.807, 2.05) is 0 Å². The molecule has 1 rings (SSSR count). The minimum atomic E-state index is -0.310. The lowest BCUT2D eigenvalue weighted by atomic mass is 10.2. The smallest absolute Gasteiger partial charge is 0.123 e. The highest BCUT2D eigenvalue weighted by atomic mass is 19.1. The molecule has 0 aromatic heterocycles. The summed E-state index contributed by atoms with van der Waals surface area (Å²) < 4.78 is 12.7. The quantitative estimate of drug-likeness (QED) is 0.452. The van der Waals surface area contributed by atoms with Crippen molar-refractivity contribution < 1.29 is 4.39 Å². The molecule has 1 aromatic rings. The third-order valence-corrected chi connectivity index (χ3v) is 2.07. The van der Waals surface area contributed by atoms with Crippen molar-refractivity contribution >= 4 is 5.69 Å². The first kappa shape index (κ1) is 11.3. The van der Waals surface area contributed by atoms with Gasteiger partial charge in [0.15, 0.2) is 0 Å². The molecular weight excluding hydrogens is 193 g/mol. The van der Waals surface area contributed by atoms with E-state index in [1.165, 1.54) is 17.1 Å². The van der Waals surface area contributed by atoms with Crippen LogP contribution in [0.1, 0.15) is 6.92 Å². The first-order valence-electron chi connectivity index (χ1n) is 4.45. The van der Waals surface area contributed by atoms with Crippen LogP contribution < -0.4 is 16.6 Å². The van der Waals surface area contributed by atoms with Crippen molar-refractivity contribution in [1.82, 2.24) is 0 Å². The molecule has 0 spiro atoms. The summed E-state index contributed by atoms with van der Waals surface area (Å²) in [7, 11) is 0. The van der Waals surface area contributed by atoms with Crippen LogP contribution in [0.2, 0.25) is 0 Å². The summed E-state index contributed by atoms with van der Waals surface area (Å²) >= 11 is 0. The SMILES string of the molecule is C=C/C(C)=C(\N)N(N)c1ccc(F)cc1. The molecule has 0 heterocycles. The number of allylic oxidation sites excluding steroid dienone is 2. The number of nitrogens with two attached hydrogens (primary N) is 2. The van der Waals surface area contributed by atoms with Gasteiger partial charge in [0.25, 0.3) is 0 Å². The molecule has 1 aromatic carbocycles. The number of benzene rings is 1. The van der Waals surface area contributed by atoms with E-state index in [-0.39, 0.29) is 5.82 Å². The Labute approximate surface area is 88.5 Å². The van der Waals surface area contributed by atoms with E-state index in [0.29, 0.717) is 11.5 Å². The van der Waals surface area contributed by atoms with Crippen molar-refractivity contribution in [3.8, 4) is 0 Å². The molecule has 0 bridgehead atoms. The predicted molar refractivity (Wildman–Crippen MR) is 60.2 cm³/mol. The van der Waals surface area contributed by atoms with Crippen LogP contribution in [0.4, 0.5) is 10.1 Å². The fourth-order valence-corrected chi connectivity index (χ4v) is 1.04. The summed E-state index contributed by atoms with van der Waals surface area (Å²) in [6.07, 6.45) is 1.61. The normalized spacial score (nSPS) is 11.9. The largest absolute Gasteiger partial charge is 0.384 e. The van der Waals surface area contributed by atoms with Crippen molar-refractivity contribution in [2.24, 2.45) is 11.6 Å². The average Bonchev–Trinajstić information content (AvgIpc) is 2.27. The third-order valence-electron chi connectivity index (χ3n) is 2.07. The number of rotatable bonds is 3. The summed E-state index contributed by atoms with van der Waals surface area (Å²) in [5.74, 6) is 5.82. The fraction of sp³-hybridized carbons (Fsp3) is 0.0909. The van der Waals surface area contributed by atoms with Gasteiger partial charge < -0.3 is 5.73 Å². The molecular formula is C11H14FN3. The molecule has 0 saturated heterocycles. The van der Waals surface area contributed by atoms with Crippen LogP contribution in [0.15, 0.2) is 48.3 Å². The molecule has 0 saturated carbocycles. The summed E-state index contributed by atoms with van der Waals surface area (Å²) in [5, 5.41) is 1.29. The van der Waals surface area contributed by atoms with Crippen LogP contribution in [0.25, 0.3) is 0 Å². The van der Waals surface area contributed by atoms with Gasteiger partial charge >= 0.3 is 0 Å². The van der Waals surface area contributed by atoms with Gasteiger partial charge in [0.2, 0.25) is 0 Å². The summed E-state index contributed by atoms with van der Waals surface area (Å²) in [6, 6.07) is 5.76. The van der Waals surface area contributed by atoms with Crippen molar-refractivity contribution in [2.45, 2.75) is 6.92 Å². The maximum Gasteiger partial charge on any atom is 0.123 e. The Balaban J connectivity index is 2.99. The maximum absolute atomic E-state index is 12.7. The Hall–Kier alpha value is -1.81. The lowest BCUT2D eigenvalue weighted by Gasteiger charge is -2.20. The minimum Gasteiger partial charge on any atom is -0.384 e. The van der Waals surface area contributed by atoms with E-state index in [4.69, 9.17) is 11.6 Å². The van der Waals surface area contributed by atoms with Gasteiger partial charge in [-0.2, -0.15) is 0 Å². The molecule has 0 radical (unpaired) electrons. The highest BCUT2D eigenvalue weighted by Gasteiger charge is 2.05. The molecule has 0 unspecified atom stereocenters. The molecule has 4 N–H and O–H groups in total. The molecule has 0 amide bonds. The van der Waals surface area contributed by atoms with Crippen LogP contribution in [-0.4, -0.2) is 0 Å². The Kier molecular flexibility index (Phi) is 3.46. The second-order valence-electron chi connectivity index (χ2n) is 3.12. The van der Waals surface area contributed by atoms with Crippen LogP contribution >= 0.6 is 0 Å². The highest BCUT2D eigenvalue weighted by Crippen LogP contribution is 2.15. The average molecular weight is 207 g/mol. The number of hydrazine groups is 1. The Morgan fingerprint density at radius 2 is 1.93 bits per heavy atom. The molecule has 0 fully saturated rings. The second kappa shape index (κ2) is 4.61. The first-order valence-corrected chi connectivity index (χ1v) is 4.45. The van der Waals surface area contributed by atoms with E-state index < -0.39 is 0 Å². The summed E-state index contributed by atoms with van der Waals surface area (Å²) in [5.41, 5.74) is 7.14. The van der Waals surface area contributed by atoms with Gasteiger partial charge in [0, 0.05) is 0 Å². The number of anilines is 1. The molecule has 0 atom stereocenters. The van der Waals surface area contributed by atoms with Crippen LogP contribution in [-0.2, 0) is 0 Å². The topological polar surface area (TPSA) is 55.3 Å². The van der Waals surface area contributed by atoms with Crippen LogP contribution in [0, 0.1) is 5.82 Å². The van der Waals surface area contributed by atoms with Gasteiger partial charge in [-0.05, 0) is 36.8 Å². The Morgan fingerprint density at radius 1 is 1.40 bits per heavy atom. The van der Waals surface area contributed by atoms with Gasteiger partial charge in [0.1, 0.15) is 11.6 Å². The lowest BCUT2D eigenvalue weighted by Crippen LogP contribution is -2.35. The monoisotopic (exact) mass is 207 g/mol. The zero-order valence-electron chi connectivity index (χ0n) is 8.57. The standard InChI is InChI=1S/C11H14FN3/c1-3-8(2)11(13)15(14)10-6-4-9(12)5-7-10/h3-7H,1,13-14H2,2H3/b11-8+. The van der Waals surface area contributed by atoms with Crippen molar-refractivity contribution in [2.75, 3.05) is 5.01 Å². The molecule has 4 heteroatoms. The molecule has 0 aliphatic carbocycles. The summed E-state index contributed by atoms with van der Waals surface area (Å²) in [4.78, 5) is 0. The second-order valence-corrected chi connectivity index (χ2v) is 3.12. The Morgan fingerprint density at radius 3 is 2.40 bits per heavy atom. The van der Waals surface area contributed by atoms with Crippen LogP contribution in [0.3, 0.4) is 0 Å². The van der Waals surface area contributed by atoms with E-state index in [1.54, 1.807) is 25.1 Å². The van der Waals surface area contributed by atoms with Crippen molar-refractivity contribution in [1.29, 1.82) is 0 Å². The molecule has 3 nitrogen and oxygen atoms in total. The van der Waals surface area contributed by atoms with E-state index in [0.717, 1.165) is 5.57 Å². The lowest BCUT2D eigenvalue weighted by molar-refractivity contribution is 0.627. The van der Waals surface area contributed by atoms with Gasteiger partial charge in [-0.1, -0.05) is 12.7 Å². The fourth-order valence-electron chi connectivity index (χ4n) is 1.04. The van der Waals surface area contributed by atoms with Crippen LogP contribution in [0.5, 0.6) is 0 Å². The van der Waals surface area contributed by atoms with Gasteiger partial charge in [-0.15, -0.1) is 0 Å². The molecule has 0 aliphatic heterocycles. The highest BCUT2D eigenvalue weighted by molar-refractivity contribution is 5.51. The summed E-state index contributed by atoms with van der Waals surface area (Å²) in [6.45, 7) is 5.39. The van der Waals surface area contributed by atoms with Gasteiger partial charge in [-0.3, -0.25) is 5.01 Å². The first-order chi connectivity index (χ1) is 7.06. The molecule has 80 valence electrons. The maximum atomic E-state index is 12.7. The van der Waals surface area contributed by atoms with E-state index in [2.05, 4.69) is 6.58 Å². The Bertz CT molecular complexity index is 381. The van der Waals surface area contributed by atoms with Gasteiger partial charge in [0.05, 0.1) is 5.69 Å². The van der Waals surface area contributed by atoms with Crippen molar-refractivity contribution in [3.63, 3.8) is 0 Å². The van der Waals surface area contributed by atoms with Gasteiger partial charge in [-0.25, -0.2) is 10.2 Å².